The monoisotopic (exact) mass is 349 g/mol. The third-order valence-electron chi connectivity index (χ3n) is 4.71. The van der Waals surface area contributed by atoms with Crippen LogP contribution >= 0.6 is 0 Å². The Labute approximate surface area is 150 Å². The number of carbonyl (C=O) groups is 1. The Hall–Kier alpha value is -3.22. The van der Waals surface area contributed by atoms with Gasteiger partial charge in [0.15, 0.2) is 5.69 Å². The van der Waals surface area contributed by atoms with Gasteiger partial charge < -0.3 is 9.80 Å². The molecular formula is C19H19N5O2. The van der Waals surface area contributed by atoms with Gasteiger partial charge in [-0.2, -0.15) is 5.10 Å². The third kappa shape index (κ3) is 2.81. The maximum atomic E-state index is 12.9. The van der Waals surface area contributed by atoms with Gasteiger partial charge in [0.1, 0.15) is 5.82 Å². The molecule has 26 heavy (non-hydrogen) atoms. The first-order chi connectivity index (χ1) is 12.6. The molecule has 1 fully saturated rings. The molecule has 4 rings (SSSR count). The highest BCUT2D eigenvalue weighted by Gasteiger charge is 2.26. The molecule has 1 amide bonds. The number of amides is 1. The molecule has 3 aromatic rings. The van der Waals surface area contributed by atoms with Crippen molar-refractivity contribution in [2.45, 2.75) is 0 Å². The molecule has 7 heteroatoms. The molecule has 1 aromatic carbocycles. The van der Waals surface area contributed by atoms with Gasteiger partial charge in [-0.1, -0.05) is 18.2 Å². The fourth-order valence-corrected chi connectivity index (χ4v) is 3.29. The number of carbonyl (C=O) groups excluding carboxylic acids is 1. The van der Waals surface area contributed by atoms with Crippen LogP contribution in [0.5, 0.6) is 0 Å². The highest BCUT2D eigenvalue weighted by atomic mass is 16.2. The molecule has 1 aliphatic heterocycles. The van der Waals surface area contributed by atoms with Crippen LogP contribution in [0.4, 0.5) is 5.82 Å². The van der Waals surface area contributed by atoms with E-state index >= 15 is 0 Å². The Morgan fingerprint density at radius 1 is 1.00 bits per heavy atom. The Morgan fingerprint density at radius 2 is 1.73 bits per heavy atom. The summed E-state index contributed by atoms with van der Waals surface area (Å²) in [4.78, 5) is 33.8. The van der Waals surface area contributed by atoms with E-state index in [1.165, 1.54) is 0 Å². The summed E-state index contributed by atoms with van der Waals surface area (Å²) >= 11 is 0. The van der Waals surface area contributed by atoms with Crippen molar-refractivity contribution >= 4 is 22.6 Å². The lowest BCUT2D eigenvalue weighted by Gasteiger charge is -2.35. The van der Waals surface area contributed by atoms with Gasteiger partial charge in [0.25, 0.3) is 5.91 Å². The molecule has 0 spiro atoms. The summed E-state index contributed by atoms with van der Waals surface area (Å²) < 4.78 is 1.59. The molecule has 0 radical (unpaired) electrons. The molecule has 0 N–H and O–H groups in total. The standard InChI is InChI=1S/C19H19N5O2/c1-22-15-7-3-2-6-14(15)18(25)17(21-22)19(26)24-12-10-23(11-13-24)16-8-4-5-9-20-16/h2-9H,10-13H2,1H3. The van der Waals surface area contributed by atoms with Crippen molar-refractivity contribution < 1.29 is 4.79 Å². The number of benzene rings is 1. The molecule has 0 bridgehead atoms. The van der Waals surface area contributed by atoms with E-state index in [4.69, 9.17) is 0 Å². The van der Waals surface area contributed by atoms with Gasteiger partial charge in [-0.3, -0.25) is 14.3 Å². The summed E-state index contributed by atoms with van der Waals surface area (Å²) in [5.41, 5.74) is 0.391. The molecule has 3 heterocycles. The number of rotatable bonds is 2. The molecule has 0 atom stereocenters. The SMILES string of the molecule is Cn1nc(C(=O)N2CCN(c3ccccn3)CC2)c(=O)c2ccccc21. The zero-order valence-electron chi connectivity index (χ0n) is 14.5. The molecule has 7 nitrogen and oxygen atoms in total. The van der Waals surface area contributed by atoms with Gasteiger partial charge in [0.05, 0.1) is 5.52 Å². The minimum Gasteiger partial charge on any atom is -0.353 e. The van der Waals surface area contributed by atoms with Crippen LogP contribution in [-0.4, -0.2) is 51.8 Å². The van der Waals surface area contributed by atoms with Crippen molar-refractivity contribution in [3.63, 3.8) is 0 Å². The van der Waals surface area contributed by atoms with E-state index < -0.39 is 0 Å². The normalized spacial score (nSPS) is 14.7. The number of fused-ring (bicyclic) bond motifs is 1. The molecule has 132 valence electrons. The van der Waals surface area contributed by atoms with E-state index in [2.05, 4.69) is 15.0 Å². The highest BCUT2D eigenvalue weighted by Crippen LogP contribution is 2.14. The fourth-order valence-electron chi connectivity index (χ4n) is 3.29. The lowest BCUT2D eigenvalue weighted by molar-refractivity contribution is 0.0737. The van der Waals surface area contributed by atoms with E-state index in [0.29, 0.717) is 37.1 Å². The van der Waals surface area contributed by atoms with E-state index in [9.17, 15) is 9.59 Å². The highest BCUT2D eigenvalue weighted by molar-refractivity contribution is 5.95. The van der Waals surface area contributed by atoms with Crippen LogP contribution in [0.25, 0.3) is 10.9 Å². The molecule has 2 aromatic heterocycles. The summed E-state index contributed by atoms with van der Waals surface area (Å²) in [6, 6.07) is 13.0. The van der Waals surface area contributed by atoms with Crippen LogP contribution in [0, 0.1) is 0 Å². The fraction of sp³-hybridized carbons (Fsp3) is 0.263. The summed E-state index contributed by atoms with van der Waals surface area (Å²) in [6.07, 6.45) is 1.76. The molecular weight excluding hydrogens is 330 g/mol. The van der Waals surface area contributed by atoms with Crippen LogP contribution in [0.1, 0.15) is 10.5 Å². The minimum absolute atomic E-state index is 0.0162. The summed E-state index contributed by atoms with van der Waals surface area (Å²) in [7, 11) is 1.75. The quantitative estimate of drug-likeness (QED) is 0.697. The largest absolute Gasteiger partial charge is 0.353 e. The lowest BCUT2D eigenvalue weighted by Crippen LogP contribution is -2.50. The average molecular weight is 349 g/mol. The summed E-state index contributed by atoms with van der Waals surface area (Å²) in [6.45, 7) is 2.42. The first kappa shape index (κ1) is 16.3. The Bertz CT molecular complexity index is 1010. The Kier molecular flexibility index (Phi) is 4.12. The van der Waals surface area contributed by atoms with Crippen molar-refractivity contribution in [3.8, 4) is 0 Å². The second kappa shape index (κ2) is 6.59. The zero-order chi connectivity index (χ0) is 18.1. The predicted molar refractivity (Wildman–Crippen MR) is 99.3 cm³/mol. The van der Waals surface area contributed by atoms with Crippen molar-refractivity contribution in [3.05, 3.63) is 64.6 Å². The lowest BCUT2D eigenvalue weighted by atomic mass is 10.2. The van der Waals surface area contributed by atoms with Gasteiger partial charge in [-0.15, -0.1) is 0 Å². The first-order valence-corrected chi connectivity index (χ1v) is 8.56. The van der Waals surface area contributed by atoms with E-state index in [1.807, 2.05) is 30.3 Å². The number of nitrogens with zero attached hydrogens (tertiary/aromatic N) is 5. The maximum absolute atomic E-state index is 12.9. The van der Waals surface area contributed by atoms with E-state index in [-0.39, 0.29) is 17.0 Å². The van der Waals surface area contributed by atoms with E-state index in [1.54, 1.807) is 35.0 Å². The molecule has 0 aliphatic carbocycles. The Morgan fingerprint density at radius 3 is 2.46 bits per heavy atom. The third-order valence-corrected chi connectivity index (χ3v) is 4.71. The van der Waals surface area contributed by atoms with Gasteiger partial charge in [0.2, 0.25) is 5.43 Å². The van der Waals surface area contributed by atoms with E-state index in [0.717, 1.165) is 5.82 Å². The van der Waals surface area contributed by atoms with Gasteiger partial charge in [-0.05, 0) is 24.3 Å². The second-order valence-electron chi connectivity index (χ2n) is 6.29. The van der Waals surface area contributed by atoms with Crippen LogP contribution in [0.3, 0.4) is 0 Å². The van der Waals surface area contributed by atoms with Gasteiger partial charge in [-0.25, -0.2) is 4.98 Å². The summed E-state index contributed by atoms with van der Waals surface area (Å²) in [5.74, 6) is 0.594. The number of piperazine rings is 1. The van der Waals surface area contributed by atoms with Crippen molar-refractivity contribution in [1.82, 2.24) is 19.7 Å². The predicted octanol–water partition coefficient (Wildman–Crippen LogP) is 1.29. The molecule has 1 aliphatic rings. The number of anilines is 1. The summed E-state index contributed by atoms with van der Waals surface area (Å²) in [5, 5.41) is 4.75. The average Bonchev–Trinajstić information content (AvgIpc) is 2.71. The maximum Gasteiger partial charge on any atom is 0.278 e. The number of para-hydroxylation sites is 1. The topological polar surface area (TPSA) is 71.3 Å². The molecule has 0 unspecified atom stereocenters. The van der Waals surface area contributed by atoms with Crippen LogP contribution in [0.2, 0.25) is 0 Å². The number of pyridine rings is 1. The number of hydrogen-bond acceptors (Lipinski definition) is 5. The zero-order valence-corrected chi connectivity index (χ0v) is 14.5. The Balaban J connectivity index is 1.57. The molecule has 1 saturated heterocycles. The van der Waals surface area contributed by atoms with Crippen molar-refractivity contribution in [2.24, 2.45) is 7.05 Å². The van der Waals surface area contributed by atoms with Gasteiger partial charge in [0, 0.05) is 44.8 Å². The number of aryl methyl sites for hydroxylation is 1. The van der Waals surface area contributed by atoms with Crippen LogP contribution in [-0.2, 0) is 7.05 Å². The second-order valence-corrected chi connectivity index (χ2v) is 6.29. The first-order valence-electron chi connectivity index (χ1n) is 8.56. The number of hydrogen-bond donors (Lipinski definition) is 0. The smallest absolute Gasteiger partial charge is 0.278 e. The van der Waals surface area contributed by atoms with Crippen molar-refractivity contribution in [2.75, 3.05) is 31.1 Å². The minimum atomic E-state index is -0.309. The van der Waals surface area contributed by atoms with Crippen LogP contribution in [0.15, 0.2) is 53.5 Å². The molecule has 0 saturated carbocycles. The van der Waals surface area contributed by atoms with Crippen molar-refractivity contribution in [1.29, 1.82) is 0 Å². The number of aromatic nitrogens is 3. The van der Waals surface area contributed by atoms with Gasteiger partial charge >= 0.3 is 0 Å². The van der Waals surface area contributed by atoms with Crippen LogP contribution < -0.4 is 10.3 Å².